The van der Waals surface area contributed by atoms with E-state index in [0.29, 0.717) is 85.9 Å². The largest absolute Gasteiger partial charge is 0.379 e. The van der Waals surface area contributed by atoms with Crippen LogP contribution < -0.4 is 5.32 Å². The first-order chi connectivity index (χ1) is 19.4. The Morgan fingerprint density at radius 3 is 0.872 bits per heavy atom. The summed E-state index contributed by atoms with van der Waals surface area (Å²) in [6, 6.07) is 0. The third-order valence-electron chi connectivity index (χ3n) is 6.37. The molecule has 8 heteroatoms. The smallest absolute Gasteiger partial charge is 0.0701 e. The van der Waals surface area contributed by atoms with Crippen molar-refractivity contribution in [2.24, 2.45) is 0 Å². The highest BCUT2D eigenvalue weighted by Crippen LogP contribution is 2.12. The van der Waals surface area contributed by atoms with Gasteiger partial charge in [-0.05, 0) is 13.5 Å². The van der Waals surface area contributed by atoms with E-state index in [0.717, 1.165) is 19.6 Å². The fourth-order valence-corrected chi connectivity index (χ4v) is 3.99. The van der Waals surface area contributed by atoms with Crippen molar-refractivity contribution in [3.63, 3.8) is 0 Å². The van der Waals surface area contributed by atoms with E-state index < -0.39 is 0 Å². The van der Waals surface area contributed by atoms with Crippen LogP contribution in [0.2, 0.25) is 0 Å². The molecule has 0 atom stereocenters. The molecule has 0 aliphatic rings. The quantitative estimate of drug-likeness (QED) is 0.0958. The molecule has 8 nitrogen and oxygen atoms in total. The molecule has 236 valence electrons. The Morgan fingerprint density at radius 2 is 0.564 bits per heavy atom. The molecule has 0 aliphatic carbocycles. The Kier molecular flexibility index (Phi) is 37.4. The van der Waals surface area contributed by atoms with E-state index in [1.54, 1.807) is 0 Å². The molecule has 0 spiro atoms. The summed E-state index contributed by atoms with van der Waals surface area (Å²) in [5, 5.41) is 3.03. The fraction of sp³-hybridized carbons (Fsp3) is 1.00. The van der Waals surface area contributed by atoms with Gasteiger partial charge >= 0.3 is 0 Å². The number of hydrogen-bond acceptors (Lipinski definition) is 8. The Morgan fingerprint density at radius 1 is 0.308 bits per heavy atom. The summed E-state index contributed by atoms with van der Waals surface area (Å²) in [7, 11) is 1.91. The molecular weight excluding hydrogens is 498 g/mol. The van der Waals surface area contributed by atoms with Gasteiger partial charge in [0.05, 0.1) is 85.9 Å². The SMILES string of the molecule is CCCCCCCCCCCCCCCCOCCOCCOCCOCCOCCOCCOCCNC. The molecule has 0 radical (unpaired) electrons. The Labute approximate surface area is 241 Å². The molecule has 0 amide bonds. The molecule has 0 aromatic heterocycles. The zero-order valence-electron chi connectivity index (χ0n) is 25.9. The average Bonchev–Trinajstić information content (AvgIpc) is 2.95. The van der Waals surface area contributed by atoms with Crippen LogP contribution in [0.1, 0.15) is 96.8 Å². The van der Waals surface area contributed by atoms with Crippen molar-refractivity contribution in [3.8, 4) is 0 Å². The number of unbranched alkanes of at least 4 members (excludes halogenated alkanes) is 13. The van der Waals surface area contributed by atoms with Crippen molar-refractivity contribution < 1.29 is 33.2 Å². The number of rotatable bonds is 36. The summed E-state index contributed by atoms with van der Waals surface area (Å²) < 4.78 is 38.5. The lowest BCUT2D eigenvalue weighted by molar-refractivity contribution is -0.0204. The van der Waals surface area contributed by atoms with Gasteiger partial charge in [-0.25, -0.2) is 0 Å². The highest BCUT2D eigenvalue weighted by molar-refractivity contribution is 4.49. The maximum atomic E-state index is 5.66. The van der Waals surface area contributed by atoms with Gasteiger partial charge in [0.2, 0.25) is 0 Å². The predicted molar refractivity (Wildman–Crippen MR) is 160 cm³/mol. The Balaban J connectivity index is 3.01. The monoisotopic (exact) mass is 563 g/mol. The average molecular weight is 564 g/mol. The number of nitrogens with one attached hydrogen (secondary N) is 1. The molecule has 0 unspecified atom stereocenters. The van der Waals surface area contributed by atoms with E-state index in [1.165, 1.54) is 83.5 Å². The summed E-state index contributed by atoms with van der Waals surface area (Å²) >= 11 is 0. The van der Waals surface area contributed by atoms with Crippen LogP contribution in [0.4, 0.5) is 0 Å². The minimum Gasteiger partial charge on any atom is -0.379 e. The van der Waals surface area contributed by atoms with Crippen molar-refractivity contribution in [1.29, 1.82) is 0 Å². The summed E-state index contributed by atoms with van der Waals surface area (Å²) in [6.07, 6.45) is 19.4. The zero-order valence-corrected chi connectivity index (χ0v) is 25.9. The Hall–Kier alpha value is -0.320. The lowest BCUT2D eigenvalue weighted by atomic mass is 10.0. The van der Waals surface area contributed by atoms with E-state index in [4.69, 9.17) is 33.2 Å². The van der Waals surface area contributed by atoms with Crippen molar-refractivity contribution in [3.05, 3.63) is 0 Å². The normalized spacial score (nSPS) is 11.5. The van der Waals surface area contributed by atoms with E-state index in [-0.39, 0.29) is 0 Å². The molecule has 0 bridgehead atoms. The molecule has 39 heavy (non-hydrogen) atoms. The number of hydrogen-bond donors (Lipinski definition) is 1. The molecule has 0 saturated heterocycles. The van der Waals surface area contributed by atoms with Gasteiger partial charge < -0.3 is 38.5 Å². The van der Waals surface area contributed by atoms with Crippen molar-refractivity contribution in [2.75, 3.05) is 106 Å². The topological polar surface area (TPSA) is 76.6 Å². The van der Waals surface area contributed by atoms with Crippen LogP contribution in [0.5, 0.6) is 0 Å². The molecule has 0 rings (SSSR count). The van der Waals surface area contributed by atoms with E-state index in [1.807, 2.05) is 7.05 Å². The molecule has 0 aromatic rings. The maximum Gasteiger partial charge on any atom is 0.0701 e. The first kappa shape index (κ1) is 38.7. The molecule has 0 aromatic carbocycles. The van der Waals surface area contributed by atoms with Gasteiger partial charge in [-0.1, -0.05) is 90.4 Å². The van der Waals surface area contributed by atoms with E-state index in [9.17, 15) is 0 Å². The molecule has 0 fully saturated rings. The molecular formula is C31H65NO7. The lowest BCUT2D eigenvalue weighted by Crippen LogP contribution is -2.17. The van der Waals surface area contributed by atoms with Gasteiger partial charge in [-0.15, -0.1) is 0 Å². The van der Waals surface area contributed by atoms with Gasteiger partial charge in [0.1, 0.15) is 0 Å². The zero-order chi connectivity index (χ0) is 28.2. The maximum absolute atomic E-state index is 5.66. The highest BCUT2D eigenvalue weighted by Gasteiger charge is 1.96. The standard InChI is InChI=1S/C31H65NO7/c1-3-4-5-6-7-8-9-10-11-12-13-14-15-16-18-33-20-22-35-24-26-37-28-30-39-31-29-38-27-25-36-23-21-34-19-17-32-2/h32H,3-31H2,1-2H3. The van der Waals surface area contributed by atoms with Crippen molar-refractivity contribution in [2.45, 2.75) is 96.8 Å². The van der Waals surface area contributed by atoms with Gasteiger partial charge in [0.25, 0.3) is 0 Å². The second-order valence-corrected chi connectivity index (χ2v) is 9.99. The second kappa shape index (κ2) is 37.7. The summed E-state index contributed by atoms with van der Waals surface area (Å²) in [6.45, 7) is 11.7. The van der Waals surface area contributed by atoms with Gasteiger partial charge in [-0.2, -0.15) is 0 Å². The van der Waals surface area contributed by atoms with Crippen LogP contribution in [0.25, 0.3) is 0 Å². The van der Waals surface area contributed by atoms with Crippen molar-refractivity contribution in [1.82, 2.24) is 5.32 Å². The minimum atomic E-state index is 0.559. The Bertz CT molecular complexity index is 382. The van der Waals surface area contributed by atoms with E-state index >= 15 is 0 Å². The summed E-state index contributed by atoms with van der Waals surface area (Å²) in [5.74, 6) is 0. The van der Waals surface area contributed by atoms with Crippen LogP contribution in [0.15, 0.2) is 0 Å². The molecule has 0 aliphatic heterocycles. The predicted octanol–water partition coefficient (Wildman–Crippen LogP) is 5.80. The van der Waals surface area contributed by atoms with Crippen LogP contribution >= 0.6 is 0 Å². The third kappa shape index (κ3) is 37.7. The fourth-order valence-electron chi connectivity index (χ4n) is 3.99. The summed E-state index contributed by atoms with van der Waals surface area (Å²) in [5.41, 5.74) is 0. The first-order valence-corrected chi connectivity index (χ1v) is 16.1. The van der Waals surface area contributed by atoms with E-state index in [2.05, 4.69) is 12.2 Å². The van der Waals surface area contributed by atoms with Crippen molar-refractivity contribution >= 4 is 0 Å². The first-order valence-electron chi connectivity index (χ1n) is 16.1. The lowest BCUT2D eigenvalue weighted by Gasteiger charge is -2.08. The van der Waals surface area contributed by atoms with Gasteiger partial charge in [0.15, 0.2) is 0 Å². The van der Waals surface area contributed by atoms with Crippen LogP contribution in [-0.4, -0.2) is 106 Å². The second-order valence-electron chi connectivity index (χ2n) is 9.99. The van der Waals surface area contributed by atoms with Crippen LogP contribution in [-0.2, 0) is 33.2 Å². The third-order valence-corrected chi connectivity index (χ3v) is 6.37. The highest BCUT2D eigenvalue weighted by atomic mass is 16.6. The van der Waals surface area contributed by atoms with Gasteiger partial charge in [0, 0.05) is 13.2 Å². The van der Waals surface area contributed by atoms with Gasteiger partial charge in [-0.3, -0.25) is 0 Å². The number of ether oxygens (including phenoxy) is 7. The minimum absolute atomic E-state index is 0.559. The molecule has 1 N–H and O–H groups in total. The summed E-state index contributed by atoms with van der Waals surface area (Å²) in [4.78, 5) is 0. The number of likely N-dealkylation sites (N-methyl/N-ethyl adjacent to an activating group) is 1. The molecule has 0 heterocycles. The van der Waals surface area contributed by atoms with Crippen LogP contribution in [0, 0.1) is 0 Å². The van der Waals surface area contributed by atoms with Crippen LogP contribution in [0.3, 0.4) is 0 Å². The molecule has 0 saturated carbocycles.